The quantitative estimate of drug-likeness (QED) is 0.868. The molecule has 1 N–H and O–H groups in total. The Morgan fingerprint density at radius 3 is 2.42 bits per heavy atom. The third-order valence-electron chi connectivity index (χ3n) is 5.28. The summed E-state index contributed by atoms with van der Waals surface area (Å²) in [7, 11) is 0. The number of aliphatic hydroxyl groups excluding tert-OH is 1. The summed E-state index contributed by atoms with van der Waals surface area (Å²) >= 11 is 0. The molecule has 26 heavy (non-hydrogen) atoms. The molecule has 2 heterocycles. The minimum atomic E-state index is -0.527. The third kappa shape index (κ3) is 2.35. The Hall–Kier alpha value is -3.23. The van der Waals surface area contributed by atoms with Crippen molar-refractivity contribution in [3.8, 4) is 6.07 Å². The number of hydrogen-bond acceptors (Lipinski definition) is 4. The molecule has 2 aromatic rings. The van der Waals surface area contributed by atoms with Gasteiger partial charge in [-0.1, -0.05) is 42.5 Å². The molecule has 0 saturated carbocycles. The van der Waals surface area contributed by atoms with E-state index < -0.39 is 6.04 Å². The van der Waals surface area contributed by atoms with Crippen molar-refractivity contribution in [3.05, 3.63) is 77.0 Å². The van der Waals surface area contributed by atoms with Gasteiger partial charge in [0.05, 0.1) is 18.1 Å². The molecule has 1 fully saturated rings. The highest BCUT2D eigenvalue weighted by molar-refractivity contribution is 6.19. The number of carbonyl (C=O) groups is 2. The van der Waals surface area contributed by atoms with Crippen LogP contribution in [0.5, 0.6) is 0 Å². The molecule has 5 heteroatoms. The summed E-state index contributed by atoms with van der Waals surface area (Å²) in [6.07, 6.45) is 0.171. The maximum Gasteiger partial charge on any atom is 0.351 e. The zero-order valence-corrected chi connectivity index (χ0v) is 14.1. The topological polar surface area (TPSA) is 78.2 Å². The van der Waals surface area contributed by atoms with Crippen molar-refractivity contribution in [2.45, 2.75) is 19.0 Å². The molecule has 5 nitrogen and oxygen atoms in total. The lowest BCUT2D eigenvalue weighted by Gasteiger charge is -2.31. The summed E-state index contributed by atoms with van der Waals surface area (Å²) in [5.74, 6) is -0.217. The molecular weight excluding hydrogens is 328 g/mol. The van der Waals surface area contributed by atoms with Crippen molar-refractivity contribution in [3.63, 3.8) is 0 Å². The standard InChI is InChI=1S/C21H16N2O3/c22-11-14-6-8-15(9-7-14)12-23-13-17(24)10-18(23)20(25)19(21(23)26)16-4-2-1-3-5-16/h1-9,18H,10,12-13H2/p+1/t18-,23-/m1/s1. The third-order valence-corrected chi connectivity index (χ3v) is 5.28. The van der Waals surface area contributed by atoms with Gasteiger partial charge in [-0.05, 0) is 17.7 Å². The minimum Gasteiger partial charge on any atom is -0.506 e. The summed E-state index contributed by atoms with van der Waals surface area (Å²) in [5.41, 5.74) is 2.39. The van der Waals surface area contributed by atoms with E-state index in [-0.39, 0.29) is 34.9 Å². The van der Waals surface area contributed by atoms with E-state index in [0.717, 1.165) is 5.56 Å². The van der Waals surface area contributed by atoms with Gasteiger partial charge in [-0.2, -0.15) is 5.26 Å². The van der Waals surface area contributed by atoms with Crippen LogP contribution >= 0.6 is 0 Å². The Bertz CT molecular complexity index is 971. The highest BCUT2D eigenvalue weighted by Crippen LogP contribution is 2.43. The number of benzene rings is 2. The van der Waals surface area contributed by atoms with Crippen LogP contribution in [0.3, 0.4) is 0 Å². The first-order chi connectivity index (χ1) is 12.5. The molecule has 2 aromatic carbocycles. The van der Waals surface area contributed by atoms with Gasteiger partial charge in [-0.3, -0.25) is 4.79 Å². The maximum absolute atomic E-state index is 13.3. The molecule has 4 rings (SSSR count). The van der Waals surface area contributed by atoms with Gasteiger partial charge in [0.2, 0.25) is 0 Å². The molecule has 2 aliphatic heterocycles. The van der Waals surface area contributed by atoms with Crippen LogP contribution in [0.1, 0.15) is 23.1 Å². The molecule has 0 aromatic heterocycles. The minimum absolute atomic E-state index is 0.0145. The second kappa shape index (κ2) is 5.94. The van der Waals surface area contributed by atoms with Gasteiger partial charge >= 0.3 is 5.91 Å². The van der Waals surface area contributed by atoms with Gasteiger partial charge in [-0.15, -0.1) is 0 Å². The molecule has 2 atom stereocenters. The van der Waals surface area contributed by atoms with Gasteiger partial charge < -0.3 is 5.11 Å². The van der Waals surface area contributed by atoms with Gasteiger partial charge in [0, 0.05) is 5.56 Å². The lowest BCUT2D eigenvalue weighted by molar-refractivity contribution is -0.865. The number of fused-ring (bicyclic) bond motifs is 1. The number of amides is 1. The fourth-order valence-electron chi connectivity index (χ4n) is 4.05. The van der Waals surface area contributed by atoms with Crippen LogP contribution < -0.4 is 0 Å². The monoisotopic (exact) mass is 345 g/mol. The summed E-state index contributed by atoms with van der Waals surface area (Å²) in [6.45, 7) is 0.408. The number of carbonyl (C=O) groups excluding carboxylic acids is 2. The first-order valence-corrected chi connectivity index (χ1v) is 8.46. The smallest absolute Gasteiger partial charge is 0.351 e. The Morgan fingerprint density at radius 1 is 1.08 bits per heavy atom. The van der Waals surface area contributed by atoms with Crippen molar-refractivity contribution in [2.24, 2.45) is 0 Å². The number of ketones is 1. The van der Waals surface area contributed by atoms with Crippen LogP contribution in [0, 0.1) is 11.3 Å². The second-order valence-corrected chi connectivity index (χ2v) is 6.85. The fraction of sp³-hybridized carbons (Fsp3) is 0.190. The summed E-state index contributed by atoms with van der Waals surface area (Å²) < 4.78 is -0.0964. The first kappa shape index (κ1) is 16.2. The summed E-state index contributed by atoms with van der Waals surface area (Å²) in [4.78, 5) is 25.5. The van der Waals surface area contributed by atoms with E-state index in [2.05, 4.69) is 6.07 Å². The second-order valence-electron chi connectivity index (χ2n) is 6.85. The van der Waals surface area contributed by atoms with Gasteiger partial charge in [0.15, 0.2) is 17.6 Å². The molecule has 0 unspecified atom stereocenters. The van der Waals surface area contributed by atoms with Gasteiger partial charge in [0.25, 0.3) is 0 Å². The zero-order chi connectivity index (χ0) is 18.3. The van der Waals surface area contributed by atoms with Crippen LogP contribution in [-0.4, -0.2) is 33.9 Å². The average Bonchev–Trinajstić information content (AvgIpc) is 3.08. The molecule has 0 radical (unpaired) electrons. The number of Topliss-reactive ketones (excluding diaryl/α,β-unsaturated/α-hetero) is 1. The van der Waals surface area contributed by atoms with Gasteiger partial charge in [0.1, 0.15) is 18.7 Å². The van der Waals surface area contributed by atoms with E-state index >= 15 is 0 Å². The Balaban J connectivity index is 1.76. The Labute approximate surface area is 151 Å². The highest BCUT2D eigenvalue weighted by Gasteiger charge is 2.61. The highest BCUT2D eigenvalue weighted by atomic mass is 16.3. The molecule has 0 aliphatic carbocycles. The molecule has 1 saturated heterocycles. The number of quaternary nitrogens is 1. The molecule has 1 amide bonds. The van der Waals surface area contributed by atoms with E-state index in [4.69, 9.17) is 5.26 Å². The van der Waals surface area contributed by atoms with Crippen LogP contribution in [0.4, 0.5) is 0 Å². The number of nitrogens with zero attached hydrogens (tertiary/aromatic N) is 2. The van der Waals surface area contributed by atoms with Crippen molar-refractivity contribution in [1.29, 1.82) is 5.26 Å². The molecule has 0 bridgehead atoms. The predicted molar refractivity (Wildman–Crippen MR) is 94.4 cm³/mol. The van der Waals surface area contributed by atoms with Crippen LogP contribution in [0.2, 0.25) is 0 Å². The number of nitriles is 1. The van der Waals surface area contributed by atoms with Crippen molar-refractivity contribution >= 4 is 17.3 Å². The molecule has 128 valence electrons. The SMILES string of the molecule is N#Cc1ccc(C[N@@+]23CC(=O)C[C@@H]2C(O)=C(c2ccccc2)C3=O)cc1. The average molecular weight is 345 g/mol. The molecule has 0 spiro atoms. The van der Waals surface area contributed by atoms with E-state index in [0.29, 0.717) is 23.2 Å². The van der Waals surface area contributed by atoms with E-state index in [1.54, 1.807) is 36.4 Å². The summed E-state index contributed by atoms with van der Waals surface area (Å²) in [5, 5.41) is 19.7. The summed E-state index contributed by atoms with van der Waals surface area (Å²) in [6, 6.07) is 17.6. The Morgan fingerprint density at radius 2 is 1.77 bits per heavy atom. The maximum atomic E-state index is 13.3. The number of aliphatic hydroxyl groups is 1. The number of hydrogen-bond donors (Lipinski definition) is 1. The first-order valence-electron chi connectivity index (χ1n) is 8.46. The molecular formula is C21H17N2O3+. The predicted octanol–water partition coefficient (Wildman–Crippen LogP) is 2.73. The fourth-order valence-corrected chi connectivity index (χ4v) is 4.05. The van der Waals surface area contributed by atoms with Crippen molar-refractivity contribution in [1.82, 2.24) is 0 Å². The van der Waals surface area contributed by atoms with E-state index in [1.807, 2.05) is 18.2 Å². The normalized spacial score (nSPS) is 24.7. The van der Waals surface area contributed by atoms with E-state index in [9.17, 15) is 14.7 Å². The molecule has 2 aliphatic rings. The van der Waals surface area contributed by atoms with Crippen LogP contribution in [-0.2, 0) is 16.1 Å². The van der Waals surface area contributed by atoms with Crippen molar-refractivity contribution < 1.29 is 19.2 Å². The lowest BCUT2D eigenvalue weighted by atomic mass is 10.0. The van der Waals surface area contributed by atoms with Gasteiger partial charge in [-0.25, -0.2) is 9.28 Å². The van der Waals surface area contributed by atoms with Crippen molar-refractivity contribution in [2.75, 3.05) is 6.54 Å². The Kier molecular flexibility index (Phi) is 3.71. The van der Waals surface area contributed by atoms with Crippen LogP contribution in [0.15, 0.2) is 60.4 Å². The number of rotatable bonds is 3. The van der Waals surface area contributed by atoms with Crippen LogP contribution in [0.25, 0.3) is 5.57 Å². The largest absolute Gasteiger partial charge is 0.506 e. The van der Waals surface area contributed by atoms with E-state index in [1.165, 1.54) is 0 Å². The lowest BCUT2D eigenvalue weighted by Crippen LogP contribution is -2.52. The zero-order valence-electron chi connectivity index (χ0n) is 14.1.